The van der Waals surface area contributed by atoms with Crippen LogP contribution in [0.15, 0.2) is 24.3 Å². The first kappa shape index (κ1) is 23.3. The van der Waals surface area contributed by atoms with Crippen LogP contribution in [0.1, 0.15) is 33.6 Å². The van der Waals surface area contributed by atoms with Crippen LogP contribution in [-0.4, -0.2) is 67.8 Å². The average Bonchev–Trinajstić information content (AvgIpc) is 2.70. The molecule has 2 N–H and O–H groups in total. The van der Waals surface area contributed by atoms with Crippen LogP contribution < -0.4 is 20.1 Å². The van der Waals surface area contributed by atoms with Gasteiger partial charge < -0.3 is 29.7 Å². The molecule has 1 saturated heterocycles. The number of nitrogens with one attached hydrogen (secondary N) is 2. The van der Waals surface area contributed by atoms with Gasteiger partial charge in [0.2, 0.25) is 5.91 Å². The monoisotopic (exact) mass is 421 g/mol. The third-order valence-electron chi connectivity index (χ3n) is 4.42. The van der Waals surface area contributed by atoms with Gasteiger partial charge in [-0.15, -0.1) is 0 Å². The number of alkyl carbamates (subject to hydrolysis) is 1. The number of para-hydroxylation sites is 2. The third-order valence-corrected chi connectivity index (χ3v) is 4.42. The minimum Gasteiger partial charge on any atom is -0.493 e. The lowest BCUT2D eigenvalue weighted by Gasteiger charge is -2.32. The largest absolute Gasteiger partial charge is 0.493 e. The van der Waals surface area contributed by atoms with E-state index in [-0.39, 0.29) is 31.0 Å². The number of methoxy groups -OCH3 is 1. The summed E-state index contributed by atoms with van der Waals surface area (Å²) in [5, 5.41) is 5.40. The Morgan fingerprint density at radius 3 is 2.33 bits per heavy atom. The zero-order valence-corrected chi connectivity index (χ0v) is 18.0. The molecular formula is C21H31N3O6. The van der Waals surface area contributed by atoms with Crippen molar-refractivity contribution in [2.45, 2.75) is 45.3 Å². The third kappa shape index (κ3) is 7.81. The molecule has 3 amide bonds. The smallest absolute Gasteiger partial charge is 0.408 e. The predicted octanol–water partition coefficient (Wildman–Crippen LogP) is 1.71. The average molecular weight is 421 g/mol. The van der Waals surface area contributed by atoms with E-state index in [1.165, 1.54) is 0 Å². The number of hydrogen-bond donors (Lipinski definition) is 2. The molecule has 9 heteroatoms. The van der Waals surface area contributed by atoms with Gasteiger partial charge in [-0.05, 0) is 45.7 Å². The van der Waals surface area contributed by atoms with E-state index >= 15 is 0 Å². The number of nitrogens with zero attached hydrogens (tertiary/aromatic N) is 1. The van der Waals surface area contributed by atoms with Crippen LogP contribution in [0.4, 0.5) is 4.79 Å². The van der Waals surface area contributed by atoms with Crippen LogP contribution in [0.5, 0.6) is 11.5 Å². The maximum Gasteiger partial charge on any atom is 0.408 e. The Balaban J connectivity index is 1.68. The molecule has 0 aliphatic carbocycles. The summed E-state index contributed by atoms with van der Waals surface area (Å²) in [6.45, 7) is 6.07. The molecule has 1 aliphatic rings. The van der Waals surface area contributed by atoms with E-state index < -0.39 is 11.7 Å². The quantitative estimate of drug-likeness (QED) is 0.694. The van der Waals surface area contributed by atoms with Gasteiger partial charge in [0.05, 0.1) is 7.11 Å². The molecule has 166 valence electrons. The minimum absolute atomic E-state index is 0.0263. The molecule has 1 fully saturated rings. The molecule has 30 heavy (non-hydrogen) atoms. The second kappa shape index (κ2) is 10.7. The van der Waals surface area contributed by atoms with Crippen LogP contribution in [0.2, 0.25) is 0 Å². The number of benzene rings is 1. The van der Waals surface area contributed by atoms with Crippen molar-refractivity contribution in [3.63, 3.8) is 0 Å². The van der Waals surface area contributed by atoms with Gasteiger partial charge in [-0.2, -0.15) is 0 Å². The van der Waals surface area contributed by atoms with E-state index in [1.54, 1.807) is 51.0 Å². The van der Waals surface area contributed by atoms with Crippen LogP contribution in [0, 0.1) is 0 Å². The topological polar surface area (TPSA) is 106 Å². The van der Waals surface area contributed by atoms with Crippen molar-refractivity contribution >= 4 is 17.9 Å². The summed E-state index contributed by atoms with van der Waals surface area (Å²) < 4.78 is 15.8. The molecule has 0 saturated carbocycles. The number of amides is 3. The molecule has 1 heterocycles. The predicted molar refractivity (Wildman–Crippen MR) is 110 cm³/mol. The summed E-state index contributed by atoms with van der Waals surface area (Å²) in [4.78, 5) is 37.7. The first-order chi connectivity index (χ1) is 14.2. The van der Waals surface area contributed by atoms with Crippen LogP contribution in [-0.2, 0) is 14.3 Å². The van der Waals surface area contributed by atoms with E-state index in [9.17, 15) is 14.4 Å². The van der Waals surface area contributed by atoms with Crippen LogP contribution in [0.25, 0.3) is 0 Å². The number of ether oxygens (including phenoxy) is 3. The first-order valence-electron chi connectivity index (χ1n) is 9.98. The molecule has 0 unspecified atom stereocenters. The highest BCUT2D eigenvalue weighted by Gasteiger charge is 2.25. The number of carbonyl (C=O) groups excluding carboxylic acids is 3. The second-order valence-corrected chi connectivity index (χ2v) is 8.02. The lowest BCUT2D eigenvalue weighted by atomic mass is 10.0. The molecule has 1 aromatic carbocycles. The minimum atomic E-state index is -0.618. The summed E-state index contributed by atoms with van der Waals surface area (Å²) in [7, 11) is 1.54. The summed E-state index contributed by atoms with van der Waals surface area (Å²) in [5.41, 5.74) is -0.612. The standard InChI is InChI=1S/C21H31N3O6/c1-21(2,3)30-20(27)22-13-19(26)24-11-9-15(10-12-24)23-18(25)14-29-17-8-6-5-7-16(17)28-4/h5-8,15H,9-14H2,1-4H3,(H,22,27)(H,23,25). The highest BCUT2D eigenvalue weighted by atomic mass is 16.6. The molecule has 1 aromatic rings. The van der Waals surface area contributed by atoms with Gasteiger partial charge in [-0.25, -0.2) is 4.79 Å². The number of likely N-dealkylation sites (tertiary alicyclic amines) is 1. The molecule has 0 atom stereocenters. The molecule has 9 nitrogen and oxygen atoms in total. The van der Waals surface area contributed by atoms with E-state index in [0.717, 1.165) is 0 Å². The Hall–Kier alpha value is -2.97. The van der Waals surface area contributed by atoms with Gasteiger partial charge in [-0.3, -0.25) is 9.59 Å². The van der Waals surface area contributed by atoms with Gasteiger partial charge in [0.1, 0.15) is 12.1 Å². The number of hydrogen-bond acceptors (Lipinski definition) is 6. The van der Waals surface area contributed by atoms with Crippen molar-refractivity contribution in [1.82, 2.24) is 15.5 Å². The lowest BCUT2D eigenvalue weighted by molar-refractivity contribution is -0.131. The van der Waals surface area contributed by atoms with Crippen molar-refractivity contribution in [2.24, 2.45) is 0 Å². The molecule has 0 spiro atoms. The Bertz CT molecular complexity index is 739. The van der Waals surface area contributed by atoms with Crippen molar-refractivity contribution in [1.29, 1.82) is 0 Å². The molecule has 1 aliphatic heterocycles. The van der Waals surface area contributed by atoms with Crippen molar-refractivity contribution in [3.8, 4) is 11.5 Å². The fourth-order valence-corrected chi connectivity index (χ4v) is 3.00. The van der Waals surface area contributed by atoms with Gasteiger partial charge in [-0.1, -0.05) is 12.1 Å². The Morgan fingerprint density at radius 1 is 1.10 bits per heavy atom. The van der Waals surface area contributed by atoms with Gasteiger partial charge in [0.25, 0.3) is 5.91 Å². The fourth-order valence-electron chi connectivity index (χ4n) is 3.00. The Morgan fingerprint density at radius 2 is 1.73 bits per heavy atom. The van der Waals surface area contributed by atoms with E-state index in [4.69, 9.17) is 14.2 Å². The van der Waals surface area contributed by atoms with Crippen LogP contribution in [0.3, 0.4) is 0 Å². The first-order valence-corrected chi connectivity index (χ1v) is 9.98. The van der Waals surface area contributed by atoms with Crippen molar-refractivity contribution in [3.05, 3.63) is 24.3 Å². The van der Waals surface area contributed by atoms with E-state index in [2.05, 4.69) is 10.6 Å². The summed E-state index contributed by atoms with van der Waals surface area (Å²) in [6.07, 6.45) is 0.657. The second-order valence-electron chi connectivity index (χ2n) is 8.02. The zero-order chi connectivity index (χ0) is 22.1. The summed E-state index contributed by atoms with van der Waals surface area (Å²) >= 11 is 0. The molecule has 2 rings (SSSR count). The number of piperidine rings is 1. The Kier molecular flexibility index (Phi) is 8.32. The molecule has 0 aromatic heterocycles. The normalized spacial score (nSPS) is 14.6. The van der Waals surface area contributed by atoms with Crippen molar-refractivity contribution < 1.29 is 28.6 Å². The van der Waals surface area contributed by atoms with E-state index in [0.29, 0.717) is 37.4 Å². The maximum atomic E-state index is 12.3. The van der Waals surface area contributed by atoms with Crippen molar-refractivity contribution in [2.75, 3.05) is 33.4 Å². The fraction of sp³-hybridized carbons (Fsp3) is 0.571. The van der Waals surface area contributed by atoms with Gasteiger partial charge in [0.15, 0.2) is 18.1 Å². The highest BCUT2D eigenvalue weighted by molar-refractivity contribution is 5.82. The molecule has 0 bridgehead atoms. The lowest BCUT2D eigenvalue weighted by Crippen LogP contribution is -2.49. The highest BCUT2D eigenvalue weighted by Crippen LogP contribution is 2.25. The number of rotatable bonds is 7. The van der Waals surface area contributed by atoms with E-state index in [1.807, 2.05) is 6.07 Å². The van der Waals surface area contributed by atoms with Gasteiger partial charge in [0, 0.05) is 19.1 Å². The molecule has 0 radical (unpaired) electrons. The maximum absolute atomic E-state index is 12.3. The van der Waals surface area contributed by atoms with Gasteiger partial charge >= 0.3 is 6.09 Å². The summed E-state index contributed by atoms with van der Waals surface area (Å²) in [6, 6.07) is 7.10. The zero-order valence-electron chi connectivity index (χ0n) is 18.0. The van der Waals surface area contributed by atoms with Crippen LogP contribution >= 0.6 is 0 Å². The summed E-state index contributed by atoms with van der Waals surface area (Å²) in [5.74, 6) is 0.674. The molecular weight excluding hydrogens is 390 g/mol. The number of carbonyl (C=O) groups is 3. The SMILES string of the molecule is COc1ccccc1OCC(=O)NC1CCN(C(=O)CNC(=O)OC(C)(C)C)CC1. The Labute approximate surface area is 177 Å².